The molecule has 2 nitrogen and oxygen atoms in total. The van der Waals surface area contributed by atoms with Crippen molar-refractivity contribution in [1.29, 1.82) is 0 Å². The standard InChI is InChI=1S/C10H16N2S/c1-3-5-8-7-11-9(6-4-2)10(13)12-8/h7H,3-6H2,1-2H3,(H,12,13). The second-order valence-corrected chi connectivity index (χ2v) is 3.59. The van der Waals surface area contributed by atoms with Crippen molar-refractivity contribution in [3.05, 3.63) is 22.2 Å². The van der Waals surface area contributed by atoms with Crippen LogP contribution < -0.4 is 0 Å². The number of aromatic nitrogens is 2. The van der Waals surface area contributed by atoms with Crippen LogP contribution >= 0.6 is 12.2 Å². The molecule has 0 atom stereocenters. The molecule has 0 saturated carbocycles. The van der Waals surface area contributed by atoms with Gasteiger partial charge in [-0.05, 0) is 12.8 Å². The van der Waals surface area contributed by atoms with Gasteiger partial charge in [0.25, 0.3) is 0 Å². The van der Waals surface area contributed by atoms with Crippen LogP contribution in [0, 0.1) is 4.64 Å². The summed E-state index contributed by atoms with van der Waals surface area (Å²) < 4.78 is 0.813. The molecular formula is C10H16N2S. The van der Waals surface area contributed by atoms with E-state index in [1.54, 1.807) is 0 Å². The first-order chi connectivity index (χ1) is 6.27. The molecule has 1 N–H and O–H groups in total. The highest BCUT2D eigenvalue weighted by atomic mass is 32.1. The summed E-state index contributed by atoms with van der Waals surface area (Å²) in [5, 5.41) is 0. The monoisotopic (exact) mass is 196 g/mol. The quantitative estimate of drug-likeness (QED) is 0.750. The lowest BCUT2D eigenvalue weighted by Crippen LogP contribution is -1.97. The first-order valence-corrected chi connectivity index (χ1v) is 5.25. The van der Waals surface area contributed by atoms with E-state index in [1.165, 1.54) is 0 Å². The molecule has 0 bridgehead atoms. The van der Waals surface area contributed by atoms with Crippen LogP contribution in [-0.4, -0.2) is 9.97 Å². The van der Waals surface area contributed by atoms with Gasteiger partial charge in [0.2, 0.25) is 0 Å². The zero-order chi connectivity index (χ0) is 9.68. The molecule has 0 saturated heterocycles. The van der Waals surface area contributed by atoms with E-state index in [-0.39, 0.29) is 0 Å². The van der Waals surface area contributed by atoms with Crippen molar-refractivity contribution in [3.8, 4) is 0 Å². The van der Waals surface area contributed by atoms with E-state index < -0.39 is 0 Å². The fourth-order valence-corrected chi connectivity index (χ4v) is 1.56. The zero-order valence-corrected chi connectivity index (χ0v) is 9.08. The maximum absolute atomic E-state index is 5.20. The molecule has 72 valence electrons. The van der Waals surface area contributed by atoms with E-state index in [0.29, 0.717) is 0 Å². The second-order valence-electron chi connectivity index (χ2n) is 3.18. The Bertz CT molecular complexity index is 317. The van der Waals surface area contributed by atoms with Gasteiger partial charge in [-0.15, -0.1) is 0 Å². The first-order valence-electron chi connectivity index (χ1n) is 4.85. The van der Waals surface area contributed by atoms with Crippen molar-refractivity contribution >= 4 is 12.2 Å². The van der Waals surface area contributed by atoms with Crippen LogP contribution in [0.2, 0.25) is 0 Å². The topological polar surface area (TPSA) is 28.7 Å². The van der Waals surface area contributed by atoms with Crippen molar-refractivity contribution in [2.45, 2.75) is 39.5 Å². The highest BCUT2D eigenvalue weighted by Crippen LogP contribution is 2.03. The summed E-state index contributed by atoms with van der Waals surface area (Å²) >= 11 is 5.20. The summed E-state index contributed by atoms with van der Waals surface area (Å²) in [6, 6.07) is 0. The minimum absolute atomic E-state index is 0.813. The van der Waals surface area contributed by atoms with Crippen molar-refractivity contribution in [3.63, 3.8) is 0 Å². The van der Waals surface area contributed by atoms with E-state index >= 15 is 0 Å². The Labute approximate surface area is 84.4 Å². The molecule has 0 radical (unpaired) electrons. The lowest BCUT2D eigenvalue weighted by atomic mass is 10.2. The van der Waals surface area contributed by atoms with Gasteiger partial charge in [0.1, 0.15) is 4.64 Å². The highest BCUT2D eigenvalue weighted by Gasteiger charge is 1.97. The molecule has 0 unspecified atom stereocenters. The number of hydrogen-bond acceptors (Lipinski definition) is 2. The number of hydrogen-bond donors (Lipinski definition) is 1. The summed E-state index contributed by atoms with van der Waals surface area (Å²) in [6.07, 6.45) is 6.13. The van der Waals surface area contributed by atoms with Gasteiger partial charge in [0.05, 0.1) is 5.69 Å². The Morgan fingerprint density at radius 3 is 2.54 bits per heavy atom. The van der Waals surface area contributed by atoms with Gasteiger partial charge in [0, 0.05) is 11.9 Å². The van der Waals surface area contributed by atoms with Gasteiger partial charge >= 0.3 is 0 Å². The Morgan fingerprint density at radius 2 is 2.00 bits per heavy atom. The van der Waals surface area contributed by atoms with Crippen LogP contribution in [0.1, 0.15) is 38.1 Å². The van der Waals surface area contributed by atoms with Crippen LogP contribution in [0.15, 0.2) is 6.20 Å². The number of aromatic amines is 1. The van der Waals surface area contributed by atoms with Crippen LogP contribution in [0.3, 0.4) is 0 Å². The molecule has 1 aromatic rings. The average Bonchev–Trinajstić information content (AvgIpc) is 2.10. The van der Waals surface area contributed by atoms with E-state index in [9.17, 15) is 0 Å². The molecule has 0 aliphatic heterocycles. The van der Waals surface area contributed by atoms with Gasteiger partial charge in [-0.1, -0.05) is 38.9 Å². The van der Waals surface area contributed by atoms with Crippen LogP contribution in [-0.2, 0) is 12.8 Å². The van der Waals surface area contributed by atoms with Gasteiger partial charge in [0.15, 0.2) is 0 Å². The number of rotatable bonds is 4. The zero-order valence-electron chi connectivity index (χ0n) is 8.26. The van der Waals surface area contributed by atoms with Crippen molar-refractivity contribution in [1.82, 2.24) is 9.97 Å². The number of aryl methyl sites for hydroxylation is 2. The van der Waals surface area contributed by atoms with Crippen LogP contribution in [0.25, 0.3) is 0 Å². The molecule has 1 heterocycles. The second kappa shape index (κ2) is 5.12. The highest BCUT2D eigenvalue weighted by molar-refractivity contribution is 7.71. The molecule has 3 heteroatoms. The van der Waals surface area contributed by atoms with E-state index in [1.807, 2.05) is 6.20 Å². The molecule has 0 fully saturated rings. The van der Waals surface area contributed by atoms with E-state index in [4.69, 9.17) is 12.2 Å². The van der Waals surface area contributed by atoms with Crippen molar-refractivity contribution < 1.29 is 0 Å². The molecule has 1 aromatic heterocycles. The average molecular weight is 196 g/mol. The Balaban J connectivity index is 2.85. The molecule has 0 amide bonds. The van der Waals surface area contributed by atoms with E-state index in [2.05, 4.69) is 23.8 Å². The molecule has 0 spiro atoms. The largest absolute Gasteiger partial charge is 0.347 e. The predicted molar refractivity (Wildman–Crippen MR) is 57.4 cm³/mol. The van der Waals surface area contributed by atoms with Crippen molar-refractivity contribution in [2.24, 2.45) is 0 Å². The third-order valence-corrected chi connectivity index (χ3v) is 2.26. The maximum atomic E-state index is 5.20. The van der Waals surface area contributed by atoms with Crippen molar-refractivity contribution in [2.75, 3.05) is 0 Å². The predicted octanol–water partition coefficient (Wildman–Crippen LogP) is 3.04. The summed E-state index contributed by atoms with van der Waals surface area (Å²) in [4.78, 5) is 7.57. The van der Waals surface area contributed by atoms with Gasteiger partial charge < -0.3 is 4.98 Å². The first kappa shape index (κ1) is 10.4. The van der Waals surface area contributed by atoms with Crippen LogP contribution in [0.4, 0.5) is 0 Å². The summed E-state index contributed by atoms with van der Waals surface area (Å²) in [6.45, 7) is 4.28. The number of nitrogens with one attached hydrogen (secondary N) is 1. The molecular weight excluding hydrogens is 180 g/mol. The summed E-state index contributed by atoms with van der Waals surface area (Å²) in [5.74, 6) is 0. The Morgan fingerprint density at radius 1 is 1.31 bits per heavy atom. The molecule has 0 aliphatic rings. The van der Waals surface area contributed by atoms with E-state index in [0.717, 1.165) is 41.7 Å². The maximum Gasteiger partial charge on any atom is 0.125 e. The SMILES string of the molecule is CCCc1cnc(CCC)c(=S)[nH]1. The normalized spacial score (nSPS) is 10.3. The van der Waals surface area contributed by atoms with Gasteiger partial charge in [-0.25, -0.2) is 0 Å². The fraction of sp³-hybridized carbons (Fsp3) is 0.600. The Kier molecular flexibility index (Phi) is 4.09. The fourth-order valence-electron chi connectivity index (χ4n) is 1.28. The third kappa shape index (κ3) is 2.92. The van der Waals surface area contributed by atoms with Gasteiger partial charge in [-0.2, -0.15) is 0 Å². The molecule has 0 aromatic carbocycles. The summed E-state index contributed by atoms with van der Waals surface area (Å²) in [5.41, 5.74) is 2.17. The molecule has 0 aliphatic carbocycles. The third-order valence-electron chi connectivity index (χ3n) is 1.92. The summed E-state index contributed by atoms with van der Waals surface area (Å²) in [7, 11) is 0. The minimum Gasteiger partial charge on any atom is -0.347 e. The Hall–Kier alpha value is -0.700. The number of nitrogens with zero attached hydrogens (tertiary/aromatic N) is 1. The molecule has 1 rings (SSSR count). The lowest BCUT2D eigenvalue weighted by molar-refractivity contribution is 0.822. The minimum atomic E-state index is 0.813. The van der Waals surface area contributed by atoms with Gasteiger partial charge in [-0.3, -0.25) is 4.98 Å². The molecule has 13 heavy (non-hydrogen) atoms. The smallest absolute Gasteiger partial charge is 0.125 e. The van der Waals surface area contributed by atoms with Crippen LogP contribution in [0.5, 0.6) is 0 Å². The number of H-pyrrole nitrogens is 1. The lowest BCUT2D eigenvalue weighted by Gasteiger charge is -2.01.